The molecule has 98 valence electrons. The third kappa shape index (κ3) is 3.56. The van der Waals surface area contributed by atoms with E-state index in [0.29, 0.717) is 12.1 Å². The first-order valence-electron chi connectivity index (χ1n) is 6.30. The van der Waals surface area contributed by atoms with Gasteiger partial charge in [-0.15, -0.1) is 0 Å². The van der Waals surface area contributed by atoms with Gasteiger partial charge in [-0.25, -0.2) is 0 Å². The fourth-order valence-electron chi connectivity index (χ4n) is 1.66. The standard InChI is InChI=1S/C15H22N2O/c1-5-15(2,3)17(4)11-14(18)13-8-6-12(10-16)7-9-13/h6-9,14,18H,5,11H2,1-4H3. The number of nitriles is 1. The Hall–Kier alpha value is -1.37. The average molecular weight is 246 g/mol. The molecular formula is C15H22N2O. The predicted octanol–water partition coefficient (Wildman–Crippen LogP) is 2.71. The fourth-order valence-corrected chi connectivity index (χ4v) is 1.66. The van der Waals surface area contributed by atoms with Crippen LogP contribution in [0.1, 0.15) is 44.4 Å². The summed E-state index contributed by atoms with van der Waals surface area (Å²) in [5.74, 6) is 0. The van der Waals surface area contributed by atoms with Crippen LogP contribution in [0.4, 0.5) is 0 Å². The van der Waals surface area contributed by atoms with Crippen LogP contribution in [0.15, 0.2) is 24.3 Å². The first-order valence-corrected chi connectivity index (χ1v) is 6.30. The number of nitrogens with zero attached hydrogens (tertiary/aromatic N) is 2. The molecule has 0 aromatic heterocycles. The van der Waals surface area contributed by atoms with Gasteiger partial charge in [0.1, 0.15) is 0 Å². The van der Waals surface area contributed by atoms with Gasteiger partial charge in [-0.05, 0) is 45.0 Å². The topological polar surface area (TPSA) is 47.3 Å². The van der Waals surface area contributed by atoms with Crippen molar-refractivity contribution in [1.82, 2.24) is 4.90 Å². The Balaban J connectivity index is 2.70. The van der Waals surface area contributed by atoms with Crippen molar-refractivity contribution in [1.29, 1.82) is 5.26 Å². The van der Waals surface area contributed by atoms with Gasteiger partial charge in [0.15, 0.2) is 0 Å². The number of rotatable bonds is 5. The van der Waals surface area contributed by atoms with Crippen molar-refractivity contribution in [3.05, 3.63) is 35.4 Å². The van der Waals surface area contributed by atoms with E-state index in [9.17, 15) is 5.11 Å². The number of benzene rings is 1. The van der Waals surface area contributed by atoms with Gasteiger partial charge in [-0.3, -0.25) is 4.90 Å². The largest absolute Gasteiger partial charge is 0.387 e. The van der Waals surface area contributed by atoms with E-state index in [4.69, 9.17) is 5.26 Å². The van der Waals surface area contributed by atoms with Crippen molar-refractivity contribution in [3.63, 3.8) is 0 Å². The summed E-state index contributed by atoms with van der Waals surface area (Å²) in [5.41, 5.74) is 1.55. The Morgan fingerprint density at radius 3 is 2.33 bits per heavy atom. The first-order chi connectivity index (χ1) is 8.40. The molecule has 0 bridgehead atoms. The number of aliphatic hydroxyl groups excluding tert-OH is 1. The van der Waals surface area contributed by atoms with Crippen molar-refractivity contribution in [2.45, 2.75) is 38.8 Å². The molecule has 1 rings (SSSR count). The highest BCUT2D eigenvalue weighted by molar-refractivity contribution is 5.32. The third-order valence-electron chi connectivity index (χ3n) is 3.77. The van der Waals surface area contributed by atoms with Gasteiger partial charge in [-0.1, -0.05) is 19.1 Å². The molecule has 0 heterocycles. The zero-order valence-electron chi connectivity index (χ0n) is 11.6. The van der Waals surface area contributed by atoms with Gasteiger partial charge in [-0.2, -0.15) is 5.26 Å². The van der Waals surface area contributed by atoms with Crippen LogP contribution in [0, 0.1) is 11.3 Å². The van der Waals surface area contributed by atoms with Crippen molar-refractivity contribution in [2.75, 3.05) is 13.6 Å². The lowest BCUT2D eigenvalue weighted by Gasteiger charge is -2.36. The minimum absolute atomic E-state index is 0.0770. The SMILES string of the molecule is CCC(C)(C)N(C)CC(O)c1ccc(C#N)cc1. The van der Waals surface area contributed by atoms with Gasteiger partial charge in [0.05, 0.1) is 17.7 Å². The molecule has 0 amide bonds. The molecule has 1 unspecified atom stereocenters. The van der Waals surface area contributed by atoms with Crippen molar-refractivity contribution in [3.8, 4) is 6.07 Å². The summed E-state index contributed by atoms with van der Waals surface area (Å²) in [5, 5.41) is 18.9. The van der Waals surface area contributed by atoms with Gasteiger partial charge in [0.25, 0.3) is 0 Å². The van der Waals surface area contributed by atoms with Crippen LogP contribution in [0.3, 0.4) is 0 Å². The van der Waals surface area contributed by atoms with E-state index in [1.165, 1.54) is 0 Å². The van der Waals surface area contributed by atoms with E-state index >= 15 is 0 Å². The van der Waals surface area contributed by atoms with E-state index in [0.717, 1.165) is 12.0 Å². The van der Waals surface area contributed by atoms with E-state index in [1.54, 1.807) is 12.1 Å². The van der Waals surface area contributed by atoms with Crippen LogP contribution in [0.25, 0.3) is 0 Å². The van der Waals surface area contributed by atoms with E-state index in [1.807, 2.05) is 19.2 Å². The molecule has 1 aromatic rings. The predicted molar refractivity (Wildman–Crippen MR) is 73.1 cm³/mol. The second-order valence-corrected chi connectivity index (χ2v) is 5.30. The molecule has 3 nitrogen and oxygen atoms in total. The summed E-state index contributed by atoms with van der Waals surface area (Å²) in [4.78, 5) is 2.16. The zero-order valence-corrected chi connectivity index (χ0v) is 11.6. The molecule has 0 aliphatic carbocycles. The third-order valence-corrected chi connectivity index (χ3v) is 3.77. The van der Waals surface area contributed by atoms with Crippen LogP contribution in [0.2, 0.25) is 0 Å². The van der Waals surface area contributed by atoms with Gasteiger partial charge in [0, 0.05) is 12.1 Å². The monoisotopic (exact) mass is 246 g/mol. The Labute approximate surface area is 110 Å². The van der Waals surface area contributed by atoms with Crippen LogP contribution in [-0.4, -0.2) is 29.1 Å². The number of β-amino-alcohol motifs (C(OH)–C–C–N with tert-alkyl or cyclic N) is 1. The smallest absolute Gasteiger partial charge is 0.0991 e. The molecule has 0 saturated heterocycles. The summed E-state index contributed by atoms with van der Waals surface area (Å²) >= 11 is 0. The molecule has 18 heavy (non-hydrogen) atoms. The molecule has 0 aliphatic heterocycles. The lowest BCUT2D eigenvalue weighted by Crippen LogP contribution is -2.42. The molecule has 0 radical (unpaired) electrons. The molecule has 1 aromatic carbocycles. The van der Waals surface area contributed by atoms with Crippen molar-refractivity contribution in [2.24, 2.45) is 0 Å². The molecule has 0 spiro atoms. The Morgan fingerprint density at radius 2 is 1.89 bits per heavy atom. The maximum Gasteiger partial charge on any atom is 0.0991 e. The number of hydrogen-bond acceptors (Lipinski definition) is 3. The summed E-state index contributed by atoms with van der Waals surface area (Å²) in [7, 11) is 2.02. The molecule has 1 atom stereocenters. The molecule has 0 saturated carbocycles. The molecule has 0 fully saturated rings. The van der Waals surface area contributed by atoms with Gasteiger partial charge < -0.3 is 5.11 Å². The van der Waals surface area contributed by atoms with Gasteiger partial charge >= 0.3 is 0 Å². The second-order valence-electron chi connectivity index (χ2n) is 5.30. The molecule has 3 heteroatoms. The van der Waals surface area contributed by atoms with Gasteiger partial charge in [0.2, 0.25) is 0 Å². The summed E-state index contributed by atoms with van der Waals surface area (Å²) in [6, 6.07) is 9.19. The van der Waals surface area contributed by atoms with E-state index in [-0.39, 0.29) is 5.54 Å². The maximum absolute atomic E-state index is 10.2. The van der Waals surface area contributed by atoms with Crippen LogP contribution in [-0.2, 0) is 0 Å². The van der Waals surface area contributed by atoms with Crippen LogP contribution in [0.5, 0.6) is 0 Å². The highest BCUT2D eigenvalue weighted by Crippen LogP contribution is 2.21. The lowest BCUT2D eigenvalue weighted by molar-refractivity contribution is 0.0686. The van der Waals surface area contributed by atoms with Crippen molar-refractivity contribution < 1.29 is 5.11 Å². The minimum atomic E-state index is -0.520. The van der Waals surface area contributed by atoms with Crippen molar-refractivity contribution >= 4 is 0 Å². The number of aliphatic hydroxyl groups is 1. The zero-order chi connectivity index (χ0) is 13.8. The highest BCUT2D eigenvalue weighted by Gasteiger charge is 2.23. The molecular weight excluding hydrogens is 224 g/mol. The Morgan fingerprint density at radius 1 is 1.33 bits per heavy atom. The second kappa shape index (κ2) is 5.99. The lowest BCUT2D eigenvalue weighted by atomic mass is 9.98. The number of likely N-dealkylation sites (N-methyl/N-ethyl adjacent to an activating group) is 1. The Kier molecular flexibility index (Phi) is 4.89. The maximum atomic E-state index is 10.2. The first kappa shape index (κ1) is 14.7. The summed E-state index contributed by atoms with van der Waals surface area (Å²) in [6.45, 7) is 7.06. The fraction of sp³-hybridized carbons (Fsp3) is 0.533. The number of hydrogen-bond donors (Lipinski definition) is 1. The average Bonchev–Trinajstić information content (AvgIpc) is 2.38. The van der Waals surface area contributed by atoms with Crippen LogP contribution >= 0.6 is 0 Å². The quantitative estimate of drug-likeness (QED) is 0.869. The molecule has 0 aliphatic rings. The van der Waals surface area contributed by atoms with E-state index in [2.05, 4.69) is 31.7 Å². The minimum Gasteiger partial charge on any atom is -0.387 e. The summed E-state index contributed by atoms with van der Waals surface area (Å²) < 4.78 is 0. The molecule has 1 N–H and O–H groups in total. The summed E-state index contributed by atoms with van der Waals surface area (Å²) in [6.07, 6.45) is 0.511. The Bertz CT molecular complexity index is 417. The van der Waals surface area contributed by atoms with Crippen LogP contribution < -0.4 is 0 Å². The highest BCUT2D eigenvalue weighted by atomic mass is 16.3. The normalized spacial score (nSPS) is 13.4. The van der Waals surface area contributed by atoms with E-state index < -0.39 is 6.10 Å².